The van der Waals surface area contributed by atoms with Crippen molar-refractivity contribution in [2.75, 3.05) is 13.7 Å². The highest BCUT2D eigenvalue weighted by Gasteiger charge is 2.34. The van der Waals surface area contributed by atoms with Crippen LogP contribution in [0.2, 0.25) is 0 Å². The normalized spacial score (nSPS) is 33.2. The topological polar surface area (TPSA) is 21.3 Å². The first kappa shape index (κ1) is 11.0. The van der Waals surface area contributed by atoms with Gasteiger partial charge in [-0.3, -0.25) is 0 Å². The van der Waals surface area contributed by atoms with Crippen molar-refractivity contribution in [3.8, 4) is 0 Å². The van der Waals surface area contributed by atoms with Crippen LogP contribution in [0.15, 0.2) is 0 Å². The van der Waals surface area contributed by atoms with Gasteiger partial charge in [0.05, 0.1) is 6.10 Å². The Morgan fingerprint density at radius 1 is 1.46 bits per heavy atom. The molecule has 78 valence electrons. The van der Waals surface area contributed by atoms with E-state index >= 15 is 0 Å². The molecular weight excluding hydrogens is 162 g/mol. The molecule has 2 atom stereocenters. The van der Waals surface area contributed by atoms with E-state index in [1.807, 2.05) is 7.11 Å². The summed E-state index contributed by atoms with van der Waals surface area (Å²) in [6.45, 7) is 7.87. The van der Waals surface area contributed by atoms with Crippen LogP contribution in [0.1, 0.15) is 40.0 Å². The average Bonchev–Trinajstić information content (AvgIpc) is 2.08. The number of hydrogen-bond acceptors (Lipinski definition) is 2. The predicted molar refractivity (Wildman–Crippen MR) is 55.9 cm³/mol. The lowest BCUT2D eigenvalue weighted by atomic mass is 9.74. The van der Waals surface area contributed by atoms with Gasteiger partial charge in [-0.15, -0.1) is 0 Å². The Bertz CT molecular complexity index is 156. The fraction of sp³-hybridized carbons (Fsp3) is 1.00. The molecular formula is C11H23NO. The summed E-state index contributed by atoms with van der Waals surface area (Å²) in [7, 11) is 1.83. The molecule has 1 fully saturated rings. The summed E-state index contributed by atoms with van der Waals surface area (Å²) in [6, 6.07) is 0.572. The molecule has 2 heteroatoms. The Kier molecular flexibility index (Phi) is 3.74. The van der Waals surface area contributed by atoms with Crippen LogP contribution in [0.25, 0.3) is 0 Å². The van der Waals surface area contributed by atoms with Crippen LogP contribution in [0.4, 0.5) is 0 Å². The van der Waals surface area contributed by atoms with Crippen LogP contribution in [-0.2, 0) is 4.74 Å². The van der Waals surface area contributed by atoms with Gasteiger partial charge < -0.3 is 10.1 Å². The van der Waals surface area contributed by atoms with Gasteiger partial charge in [0, 0.05) is 13.2 Å². The minimum absolute atomic E-state index is 0.406. The SMILES string of the molecule is CCNC1CCC(C)(C)CC1OC. The number of nitrogens with one attached hydrogen (secondary N) is 1. The Labute approximate surface area is 82.0 Å². The Morgan fingerprint density at radius 2 is 2.15 bits per heavy atom. The first-order valence-electron chi connectivity index (χ1n) is 5.35. The van der Waals surface area contributed by atoms with Gasteiger partial charge in [0.15, 0.2) is 0 Å². The van der Waals surface area contributed by atoms with Crippen molar-refractivity contribution in [3.63, 3.8) is 0 Å². The van der Waals surface area contributed by atoms with Gasteiger partial charge in [-0.05, 0) is 31.2 Å². The molecule has 2 nitrogen and oxygen atoms in total. The molecule has 0 amide bonds. The Balaban J connectivity index is 2.50. The Morgan fingerprint density at radius 3 is 2.69 bits per heavy atom. The van der Waals surface area contributed by atoms with Crippen molar-refractivity contribution in [1.29, 1.82) is 0 Å². The Hall–Kier alpha value is -0.0800. The first-order chi connectivity index (χ1) is 6.09. The highest BCUT2D eigenvalue weighted by molar-refractivity contribution is 4.89. The van der Waals surface area contributed by atoms with Crippen LogP contribution in [0, 0.1) is 5.41 Å². The van der Waals surface area contributed by atoms with E-state index in [0.29, 0.717) is 17.6 Å². The molecule has 13 heavy (non-hydrogen) atoms. The molecule has 1 saturated carbocycles. The summed E-state index contributed by atoms with van der Waals surface area (Å²) in [5, 5.41) is 3.50. The molecule has 2 unspecified atom stereocenters. The summed E-state index contributed by atoms with van der Waals surface area (Å²) in [5.41, 5.74) is 0.465. The molecule has 1 rings (SSSR count). The maximum Gasteiger partial charge on any atom is 0.0729 e. The second-order valence-corrected chi connectivity index (χ2v) is 4.85. The largest absolute Gasteiger partial charge is 0.380 e. The van der Waals surface area contributed by atoms with Crippen LogP contribution >= 0.6 is 0 Å². The lowest BCUT2D eigenvalue weighted by Gasteiger charge is -2.40. The maximum atomic E-state index is 5.53. The number of ether oxygens (including phenoxy) is 1. The quantitative estimate of drug-likeness (QED) is 0.727. The molecule has 0 aromatic heterocycles. The first-order valence-corrected chi connectivity index (χ1v) is 5.35. The van der Waals surface area contributed by atoms with E-state index in [9.17, 15) is 0 Å². The molecule has 0 spiro atoms. The third-order valence-electron chi connectivity index (χ3n) is 3.10. The number of hydrogen-bond donors (Lipinski definition) is 1. The van der Waals surface area contributed by atoms with Gasteiger partial charge in [0.2, 0.25) is 0 Å². The highest BCUT2D eigenvalue weighted by Crippen LogP contribution is 2.36. The number of likely N-dealkylation sites (N-methyl/N-ethyl adjacent to an activating group) is 1. The summed E-state index contributed by atoms with van der Waals surface area (Å²) < 4.78 is 5.53. The van der Waals surface area contributed by atoms with E-state index in [4.69, 9.17) is 4.74 Å². The van der Waals surface area contributed by atoms with Crippen LogP contribution in [0.3, 0.4) is 0 Å². The minimum Gasteiger partial charge on any atom is -0.380 e. The summed E-state index contributed by atoms with van der Waals surface area (Å²) >= 11 is 0. The summed E-state index contributed by atoms with van der Waals surface area (Å²) in [4.78, 5) is 0. The zero-order chi connectivity index (χ0) is 9.90. The molecule has 0 aliphatic heterocycles. The van der Waals surface area contributed by atoms with E-state index in [1.165, 1.54) is 19.3 Å². The van der Waals surface area contributed by atoms with Crippen molar-refractivity contribution >= 4 is 0 Å². The molecule has 1 N–H and O–H groups in total. The van der Waals surface area contributed by atoms with Gasteiger partial charge in [0.1, 0.15) is 0 Å². The summed E-state index contributed by atoms with van der Waals surface area (Å²) in [5.74, 6) is 0. The molecule has 1 aliphatic rings. The zero-order valence-corrected chi connectivity index (χ0v) is 9.39. The highest BCUT2D eigenvalue weighted by atomic mass is 16.5. The lowest BCUT2D eigenvalue weighted by molar-refractivity contribution is 0.000444. The summed E-state index contributed by atoms with van der Waals surface area (Å²) in [6.07, 6.45) is 4.15. The predicted octanol–water partition coefficient (Wildman–Crippen LogP) is 2.19. The molecule has 1 aliphatic carbocycles. The maximum absolute atomic E-state index is 5.53. The van der Waals surface area contributed by atoms with E-state index in [1.54, 1.807) is 0 Å². The van der Waals surface area contributed by atoms with Crippen molar-refractivity contribution in [2.45, 2.75) is 52.2 Å². The number of rotatable bonds is 3. The smallest absolute Gasteiger partial charge is 0.0729 e. The van der Waals surface area contributed by atoms with E-state index in [-0.39, 0.29) is 0 Å². The number of methoxy groups -OCH3 is 1. The van der Waals surface area contributed by atoms with Crippen LogP contribution in [0.5, 0.6) is 0 Å². The van der Waals surface area contributed by atoms with Gasteiger partial charge in [0.25, 0.3) is 0 Å². The third-order valence-corrected chi connectivity index (χ3v) is 3.10. The monoisotopic (exact) mass is 185 g/mol. The van der Waals surface area contributed by atoms with E-state index in [0.717, 1.165) is 6.54 Å². The average molecular weight is 185 g/mol. The molecule has 0 saturated heterocycles. The van der Waals surface area contributed by atoms with Gasteiger partial charge in [-0.1, -0.05) is 20.8 Å². The van der Waals surface area contributed by atoms with Gasteiger partial charge in [-0.25, -0.2) is 0 Å². The molecule has 0 heterocycles. The van der Waals surface area contributed by atoms with E-state index < -0.39 is 0 Å². The van der Waals surface area contributed by atoms with Crippen LogP contribution < -0.4 is 5.32 Å². The van der Waals surface area contributed by atoms with Crippen molar-refractivity contribution in [1.82, 2.24) is 5.32 Å². The molecule has 0 radical (unpaired) electrons. The third kappa shape index (κ3) is 2.96. The van der Waals surface area contributed by atoms with Gasteiger partial charge >= 0.3 is 0 Å². The zero-order valence-electron chi connectivity index (χ0n) is 9.39. The van der Waals surface area contributed by atoms with Gasteiger partial charge in [-0.2, -0.15) is 0 Å². The fourth-order valence-corrected chi connectivity index (χ4v) is 2.26. The lowest BCUT2D eigenvalue weighted by Crippen LogP contribution is -2.47. The fourth-order valence-electron chi connectivity index (χ4n) is 2.26. The van der Waals surface area contributed by atoms with Crippen molar-refractivity contribution in [2.24, 2.45) is 5.41 Å². The van der Waals surface area contributed by atoms with Crippen LogP contribution in [-0.4, -0.2) is 25.8 Å². The molecule has 0 aromatic rings. The van der Waals surface area contributed by atoms with Crippen molar-refractivity contribution < 1.29 is 4.74 Å². The molecule has 0 bridgehead atoms. The van der Waals surface area contributed by atoms with E-state index in [2.05, 4.69) is 26.1 Å². The minimum atomic E-state index is 0.406. The van der Waals surface area contributed by atoms with Crippen molar-refractivity contribution in [3.05, 3.63) is 0 Å². The standard InChI is InChI=1S/C11H23NO/c1-5-12-9-6-7-11(2,3)8-10(9)13-4/h9-10,12H,5-8H2,1-4H3. The second kappa shape index (κ2) is 4.43. The second-order valence-electron chi connectivity index (χ2n) is 4.85. The molecule has 0 aromatic carbocycles.